The summed E-state index contributed by atoms with van der Waals surface area (Å²) in [6.07, 6.45) is 0.580. The van der Waals surface area contributed by atoms with Crippen molar-refractivity contribution < 1.29 is 14.3 Å². The van der Waals surface area contributed by atoms with Crippen LogP contribution in [0.2, 0.25) is 0 Å². The van der Waals surface area contributed by atoms with E-state index in [0.717, 1.165) is 0 Å². The highest BCUT2D eigenvalue weighted by atomic mass is 16.5. The van der Waals surface area contributed by atoms with Crippen LogP contribution in [0.3, 0.4) is 0 Å². The Morgan fingerprint density at radius 3 is 2.90 bits per heavy atom. The van der Waals surface area contributed by atoms with Crippen LogP contribution in [0.5, 0.6) is 5.75 Å². The number of carbonyl (C=O) groups is 2. The van der Waals surface area contributed by atoms with Gasteiger partial charge >= 0.3 is 0 Å². The third kappa shape index (κ3) is 2.68. The molecule has 2 rings (SSSR count). The topological polar surface area (TPSA) is 84.7 Å². The number of methoxy groups -OCH3 is 1. The van der Waals surface area contributed by atoms with Crippen LogP contribution in [0.4, 0.5) is 5.69 Å². The van der Waals surface area contributed by atoms with E-state index in [9.17, 15) is 9.59 Å². The Morgan fingerprint density at radius 1 is 1.50 bits per heavy atom. The SMILES string of the molecule is CCC1C(=O)NCCN1C(=O)c1cc(N)cc(OC)c1. The average molecular weight is 277 g/mol. The van der Waals surface area contributed by atoms with Crippen LogP contribution in [0.25, 0.3) is 0 Å². The van der Waals surface area contributed by atoms with Crippen molar-refractivity contribution in [3.63, 3.8) is 0 Å². The molecular formula is C14H19N3O3. The summed E-state index contributed by atoms with van der Waals surface area (Å²) in [5, 5.41) is 2.77. The van der Waals surface area contributed by atoms with Crippen LogP contribution >= 0.6 is 0 Å². The van der Waals surface area contributed by atoms with Gasteiger partial charge in [-0.1, -0.05) is 6.92 Å². The van der Waals surface area contributed by atoms with Gasteiger partial charge in [0.05, 0.1) is 7.11 Å². The lowest BCUT2D eigenvalue weighted by molar-refractivity contribution is -0.127. The fourth-order valence-corrected chi connectivity index (χ4v) is 2.39. The van der Waals surface area contributed by atoms with Crippen molar-refractivity contribution in [2.45, 2.75) is 19.4 Å². The summed E-state index contributed by atoms with van der Waals surface area (Å²) in [6, 6.07) is 4.46. The minimum absolute atomic E-state index is 0.108. The van der Waals surface area contributed by atoms with Crippen molar-refractivity contribution in [1.82, 2.24) is 10.2 Å². The molecular weight excluding hydrogens is 258 g/mol. The molecule has 0 bridgehead atoms. The van der Waals surface area contributed by atoms with Gasteiger partial charge in [0.15, 0.2) is 0 Å². The van der Waals surface area contributed by atoms with E-state index in [2.05, 4.69) is 5.32 Å². The van der Waals surface area contributed by atoms with Gasteiger partial charge in [0.1, 0.15) is 11.8 Å². The van der Waals surface area contributed by atoms with E-state index in [-0.39, 0.29) is 11.8 Å². The van der Waals surface area contributed by atoms with Crippen molar-refractivity contribution in [2.75, 3.05) is 25.9 Å². The van der Waals surface area contributed by atoms with Crippen LogP contribution in [-0.4, -0.2) is 43.0 Å². The van der Waals surface area contributed by atoms with E-state index in [1.54, 1.807) is 23.1 Å². The Labute approximate surface area is 117 Å². The molecule has 6 nitrogen and oxygen atoms in total. The first-order valence-corrected chi connectivity index (χ1v) is 6.60. The summed E-state index contributed by atoms with van der Waals surface area (Å²) < 4.78 is 5.12. The molecule has 20 heavy (non-hydrogen) atoms. The molecule has 0 aliphatic carbocycles. The number of benzene rings is 1. The normalized spacial score (nSPS) is 18.6. The number of amides is 2. The molecule has 0 aromatic heterocycles. The average Bonchev–Trinajstić information content (AvgIpc) is 2.45. The van der Waals surface area contributed by atoms with Gasteiger partial charge in [0, 0.05) is 30.4 Å². The summed E-state index contributed by atoms with van der Waals surface area (Å²) >= 11 is 0. The van der Waals surface area contributed by atoms with E-state index >= 15 is 0 Å². The minimum atomic E-state index is -0.427. The van der Waals surface area contributed by atoms with Crippen LogP contribution in [0.1, 0.15) is 23.7 Å². The van der Waals surface area contributed by atoms with Crippen molar-refractivity contribution in [1.29, 1.82) is 0 Å². The maximum atomic E-state index is 12.6. The second kappa shape index (κ2) is 5.81. The Balaban J connectivity index is 2.30. The molecule has 0 spiro atoms. The number of rotatable bonds is 3. The van der Waals surface area contributed by atoms with Crippen molar-refractivity contribution in [3.05, 3.63) is 23.8 Å². The summed E-state index contributed by atoms with van der Waals surface area (Å²) in [6.45, 7) is 2.86. The summed E-state index contributed by atoms with van der Waals surface area (Å²) in [5.41, 5.74) is 6.67. The molecule has 1 heterocycles. The van der Waals surface area contributed by atoms with Crippen molar-refractivity contribution in [2.24, 2.45) is 0 Å². The molecule has 1 saturated heterocycles. The van der Waals surface area contributed by atoms with E-state index in [4.69, 9.17) is 10.5 Å². The third-order valence-electron chi connectivity index (χ3n) is 3.39. The molecule has 1 aliphatic rings. The lowest BCUT2D eigenvalue weighted by Crippen LogP contribution is -2.56. The zero-order chi connectivity index (χ0) is 14.7. The van der Waals surface area contributed by atoms with Gasteiger partial charge in [0.2, 0.25) is 5.91 Å². The zero-order valence-corrected chi connectivity index (χ0v) is 11.7. The highest BCUT2D eigenvalue weighted by Gasteiger charge is 2.32. The fourth-order valence-electron chi connectivity index (χ4n) is 2.39. The van der Waals surface area contributed by atoms with Gasteiger partial charge in [-0.05, 0) is 18.6 Å². The van der Waals surface area contributed by atoms with Crippen LogP contribution in [0.15, 0.2) is 18.2 Å². The molecule has 0 saturated carbocycles. The first-order chi connectivity index (χ1) is 9.56. The quantitative estimate of drug-likeness (QED) is 0.794. The number of nitrogen functional groups attached to an aromatic ring is 1. The van der Waals surface area contributed by atoms with Gasteiger partial charge in [-0.2, -0.15) is 0 Å². The second-order valence-corrected chi connectivity index (χ2v) is 4.71. The highest BCUT2D eigenvalue weighted by molar-refractivity contribution is 5.99. The van der Waals surface area contributed by atoms with Gasteiger partial charge < -0.3 is 20.7 Å². The smallest absolute Gasteiger partial charge is 0.254 e. The lowest BCUT2D eigenvalue weighted by Gasteiger charge is -2.34. The zero-order valence-electron chi connectivity index (χ0n) is 11.7. The molecule has 1 aromatic carbocycles. The monoisotopic (exact) mass is 277 g/mol. The minimum Gasteiger partial charge on any atom is -0.497 e. The molecule has 6 heteroatoms. The number of hydrogen-bond donors (Lipinski definition) is 2. The number of piperazine rings is 1. The van der Waals surface area contributed by atoms with E-state index in [0.29, 0.717) is 36.5 Å². The standard InChI is InChI=1S/C14H19N3O3/c1-3-12-13(18)16-4-5-17(12)14(19)9-6-10(15)8-11(7-9)20-2/h6-8,12H,3-5,15H2,1-2H3,(H,16,18). The van der Waals surface area contributed by atoms with Crippen molar-refractivity contribution >= 4 is 17.5 Å². The fraction of sp³-hybridized carbons (Fsp3) is 0.429. The predicted octanol–water partition coefficient (Wildman–Crippen LogP) is 0.628. The van der Waals surface area contributed by atoms with Crippen molar-refractivity contribution in [3.8, 4) is 5.75 Å². The number of nitrogens with two attached hydrogens (primary N) is 1. The summed E-state index contributed by atoms with van der Waals surface area (Å²) in [4.78, 5) is 26.0. The molecule has 1 atom stereocenters. The highest BCUT2D eigenvalue weighted by Crippen LogP contribution is 2.21. The summed E-state index contributed by atoms with van der Waals surface area (Å²) in [5.74, 6) is 0.225. The van der Waals surface area contributed by atoms with E-state index in [1.807, 2.05) is 6.92 Å². The Kier molecular flexibility index (Phi) is 4.12. The first kappa shape index (κ1) is 14.2. The number of anilines is 1. The predicted molar refractivity (Wildman–Crippen MR) is 75.5 cm³/mol. The molecule has 1 fully saturated rings. The van der Waals surface area contributed by atoms with Gasteiger partial charge in [-0.3, -0.25) is 9.59 Å². The third-order valence-corrected chi connectivity index (χ3v) is 3.39. The van der Waals surface area contributed by atoms with E-state index < -0.39 is 6.04 Å². The first-order valence-electron chi connectivity index (χ1n) is 6.60. The molecule has 108 valence electrons. The van der Waals surface area contributed by atoms with Crippen LogP contribution in [-0.2, 0) is 4.79 Å². The van der Waals surface area contributed by atoms with Gasteiger partial charge in [0.25, 0.3) is 5.91 Å². The molecule has 1 aliphatic heterocycles. The molecule has 2 amide bonds. The van der Waals surface area contributed by atoms with Gasteiger partial charge in [-0.25, -0.2) is 0 Å². The number of ether oxygens (including phenoxy) is 1. The number of nitrogens with one attached hydrogen (secondary N) is 1. The number of hydrogen-bond acceptors (Lipinski definition) is 4. The maximum Gasteiger partial charge on any atom is 0.254 e. The second-order valence-electron chi connectivity index (χ2n) is 4.71. The lowest BCUT2D eigenvalue weighted by atomic mass is 10.1. The molecule has 0 radical (unpaired) electrons. The Hall–Kier alpha value is -2.24. The maximum absolute atomic E-state index is 12.6. The number of carbonyl (C=O) groups excluding carboxylic acids is 2. The summed E-state index contributed by atoms with van der Waals surface area (Å²) in [7, 11) is 1.52. The van der Waals surface area contributed by atoms with Gasteiger partial charge in [-0.15, -0.1) is 0 Å². The largest absolute Gasteiger partial charge is 0.497 e. The number of nitrogens with zero attached hydrogens (tertiary/aromatic N) is 1. The van der Waals surface area contributed by atoms with E-state index in [1.165, 1.54) is 7.11 Å². The molecule has 3 N–H and O–H groups in total. The molecule has 1 aromatic rings. The molecule has 1 unspecified atom stereocenters. The Morgan fingerprint density at radius 2 is 2.25 bits per heavy atom. The van der Waals surface area contributed by atoms with Crippen LogP contribution in [0, 0.1) is 0 Å². The Bertz CT molecular complexity index is 530. The van der Waals surface area contributed by atoms with Crippen LogP contribution < -0.4 is 15.8 Å².